The molecule has 36 heavy (non-hydrogen) atoms. The summed E-state index contributed by atoms with van der Waals surface area (Å²) in [5.74, 6) is 2.46. The molecule has 0 spiro atoms. The van der Waals surface area contributed by atoms with Gasteiger partial charge in [-0.1, -0.05) is 18.2 Å². The number of anilines is 2. The first-order chi connectivity index (χ1) is 17.4. The number of carbonyl (C=O) groups excluding carboxylic acids is 1. The molecule has 8 heteroatoms. The van der Waals surface area contributed by atoms with Crippen molar-refractivity contribution in [1.29, 1.82) is 0 Å². The van der Waals surface area contributed by atoms with Crippen LogP contribution in [0.25, 0.3) is 18.2 Å². The molecule has 1 amide bonds. The van der Waals surface area contributed by atoms with E-state index in [1.165, 1.54) is 6.08 Å². The number of nitrogens with one attached hydrogen (secondary N) is 1. The number of nitrogens with two attached hydrogens (primary N) is 1. The minimum Gasteiger partial charge on any atom is -0.497 e. The van der Waals surface area contributed by atoms with E-state index in [0.29, 0.717) is 40.1 Å². The van der Waals surface area contributed by atoms with Gasteiger partial charge in [-0.3, -0.25) is 4.79 Å². The predicted molar refractivity (Wildman–Crippen MR) is 143 cm³/mol. The second-order valence-corrected chi connectivity index (χ2v) is 7.57. The highest BCUT2D eigenvalue weighted by Gasteiger charge is 2.12. The molecule has 0 aromatic heterocycles. The standard InChI is InChI=1S/C28H30N2O6/c1-32-21-11-10-20(9-6-19-15-25(34-3)28(36-5)26(16-19)35-4)23(17-21)30-27(31)13-8-18-7-12-22(29)24(14-18)33-2/h6-17H,29H2,1-5H3,(H,30,31)/b9-6+,13-8+. The highest BCUT2D eigenvalue weighted by Crippen LogP contribution is 2.38. The Balaban J connectivity index is 1.86. The Hall–Kier alpha value is -4.59. The molecule has 0 atom stereocenters. The highest BCUT2D eigenvalue weighted by molar-refractivity contribution is 6.03. The zero-order valence-corrected chi connectivity index (χ0v) is 21.0. The van der Waals surface area contributed by atoms with Gasteiger partial charge in [0.15, 0.2) is 11.5 Å². The van der Waals surface area contributed by atoms with Crippen molar-refractivity contribution in [3.63, 3.8) is 0 Å². The van der Waals surface area contributed by atoms with E-state index in [-0.39, 0.29) is 5.91 Å². The molecule has 0 unspecified atom stereocenters. The monoisotopic (exact) mass is 490 g/mol. The number of amides is 1. The van der Waals surface area contributed by atoms with E-state index in [2.05, 4.69) is 5.32 Å². The molecule has 3 rings (SSSR count). The summed E-state index contributed by atoms with van der Waals surface area (Å²) < 4.78 is 26.8. The van der Waals surface area contributed by atoms with E-state index in [1.54, 1.807) is 65.9 Å². The topological polar surface area (TPSA) is 101 Å². The van der Waals surface area contributed by atoms with Crippen molar-refractivity contribution >= 4 is 35.5 Å². The Bertz CT molecular complexity index is 1260. The molecule has 0 saturated heterocycles. The maximum atomic E-state index is 12.7. The Morgan fingerprint density at radius 2 is 1.39 bits per heavy atom. The van der Waals surface area contributed by atoms with Crippen LogP contribution >= 0.6 is 0 Å². The fraction of sp³-hybridized carbons (Fsp3) is 0.179. The molecular weight excluding hydrogens is 460 g/mol. The van der Waals surface area contributed by atoms with Gasteiger partial charge in [-0.25, -0.2) is 0 Å². The van der Waals surface area contributed by atoms with Gasteiger partial charge >= 0.3 is 0 Å². The lowest BCUT2D eigenvalue weighted by molar-refractivity contribution is -0.111. The molecule has 0 aliphatic carbocycles. The van der Waals surface area contributed by atoms with Gasteiger partial charge in [0.05, 0.1) is 46.9 Å². The predicted octanol–water partition coefficient (Wildman–Crippen LogP) is 5.13. The van der Waals surface area contributed by atoms with Crippen molar-refractivity contribution in [1.82, 2.24) is 0 Å². The van der Waals surface area contributed by atoms with Crippen LogP contribution in [0.4, 0.5) is 11.4 Å². The lowest BCUT2D eigenvalue weighted by atomic mass is 10.1. The number of methoxy groups -OCH3 is 5. The van der Waals surface area contributed by atoms with Gasteiger partial charge in [0, 0.05) is 12.1 Å². The van der Waals surface area contributed by atoms with Crippen molar-refractivity contribution in [3.05, 3.63) is 71.3 Å². The summed E-state index contributed by atoms with van der Waals surface area (Å²) in [6, 6.07) is 14.4. The van der Waals surface area contributed by atoms with E-state index in [9.17, 15) is 4.79 Å². The lowest BCUT2D eigenvalue weighted by Gasteiger charge is -2.13. The van der Waals surface area contributed by atoms with Gasteiger partial charge in [0.1, 0.15) is 11.5 Å². The number of nitrogen functional groups attached to an aromatic ring is 1. The van der Waals surface area contributed by atoms with Crippen LogP contribution in [0, 0.1) is 0 Å². The second-order valence-electron chi connectivity index (χ2n) is 7.57. The molecule has 0 saturated carbocycles. The molecule has 3 aromatic carbocycles. The maximum absolute atomic E-state index is 12.7. The first-order valence-electron chi connectivity index (χ1n) is 11.0. The summed E-state index contributed by atoms with van der Waals surface area (Å²) >= 11 is 0. The lowest BCUT2D eigenvalue weighted by Crippen LogP contribution is -2.09. The van der Waals surface area contributed by atoms with E-state index in [0.717, 1.165) is 16.7 Å². The number of carbonyl (C=O) groups is 1. The maximum Gasteiger partial charge on any atom is 0.248 e. The van der Waals surface area contributed by atoms with Gasteiger partial charge in [0.2, 0.25) is 11.7 Å². The van der Waals surface area contributed by atoms with Crippen LogP contribution < -0.4 is 34.7 Å². The van der Waals surface area contributed by atoms with Crippen molar-refractivity contribution in [2.75, 3.05) is 46.6 Å². The second kappa shape index (κ2) is 12.2. The third-order valence-electron chi connectivity index (χ3n) is 5.35. The van der Waals surface area contributed by atoms with Gasteiger partial charge in [0.25, 0.3) is 0 Å². The summed E-state index contributed by atoms with van der Waals surface area (Å²) in [6.45, 7) is 0. The molecule has 0 bridgehead atoms. The number of hydrogen-bond acceptors (Lipinski definition) is 7. The van der Waals surface area contributed by atoms with E-state index in [4.69, 9.17) is 29.4 Å². The summed E-state index contributed by atoms with van der Waals surface area (Å²) in [5.41, 5.74) is 9.35. The third kappa shape index (κ3) is 6.29. The summed E-state index contributed by atoms with van der Waals surface area (Å²) in [7, 11) is 7.80. The average molecular weight is 491 g/mol. The zero-order valence-electron chi connectivity index (χ0n) is 21.0. The number of rotatable bonds is 10. The van der Waals surface area contributed by atoms with Crippen molar-refractivity contribution in [2.45, 2.75) is 0 Å². The van der Waals surface area contributed by atoms with E-state index >= 15 is 0 Å². The van der Waals surface area contributed by atoms with Crippen LogP contribution in [0.3, 0.4) is 0 Å². The first kappa shape index (κ1) is 26.0. The molecule has 188 valence electrons. The molecular formula is C28H30N2O6. The van der Waals surface area contributed by atoms with Crippen LogP contribution in [-0.4, -0.2) is 41.5 Å². The molecule has 3 aromatic rings. The normalized spacial score (nSPS) is 10.9. The van der Waals surface area contributed by atoms with Crippen LogP contribution in [0.1, 0.15) is 16.7 Å². The van der Waals surface area contributed by atoms with E-state index in [1.807, 2.05) is 36.4 Å². The molecule has 0 fully saturated rings. The van der Waals surface area contributed by atoms with Crippen molar-refractivity contribution < 1.29 is 28.5 Å². The van der Waals surface area contributed by atoms with Crippen molar-refractivity contribution in [3.8, 4) is 28.7 Å². The Kier molecular flexibility index (Phi) is 8.83. The Labute approximate surface area is 210 Å². The smallest absolute Gasteiger partial charge is 0.248 e. The minimum atomic E-state index is -0.304. The fourth-order valence-corrected chi connectivity index (χ4v) is 3.48. The first-order valence-corrected chi connectivity index (χ1v) is 11.0. The van der Waals surface area contributed by atoms with Crippen LogP contribution in [0.2, 0.25) is 0 Å². The number of ether oxygens (including phenoxy) is 5. The van der Waals surface area contributed by atoms with Gasteiger partial charge in [-0.2, -0.15) is 0 Å². The van der Waals surface area contributed by atoms with Gasteiger partial charge < -0.3 is 34.7 Å². The Morgan fingerprint density at radius 3 is 2.00 bits per heavy atom. The fourth-order valence-electron chi connectivity index (χ4n) is 3.48. The summed E-state index contributed by atoms with van der Waals surface area (Å²) in [4.78, 5) is 12.7. The Morgan fingerprint density at radius 1 is 0.722 bits per heavy atom. The summed E-state index contributed by atoms with van der Waals surface area (Å²) in [5, 5.41) is 2.91. The minimum absolute atomic E-state index is 0.304. The number of hydrogen-bond donors (Lipinski definition) is 2. The van der Waals surface area contributed by atoms with Crippen molar-refractivity contribution in [2.24, 2.45) is 0 Å². The van der Waals surface area contributed by atoms with Crippen LogP contribution in [0.5, 0.6) is 28.7 Å². The number of benzene rings is 3. The quantitative estimate of drug-likeness (QED) is 0.231. The molecule has 0 aliphatic rings. The molecule has 8 nitrogen and oxygen atoms in total. The molecule has 3 N–H and O–H groups in total. The molecule has 0 heterocycles. The highest BCUT2D eigenvalue weighted by atomic mass is 16.5. The van der Waals surface area contributed by atoms with Gasteiger partial charge in [-0.05, 0) is 59.2 Å². The van der Waals surface area contributed by atoms with Gasteiger partial charge in [-0.15, -0.1) is 0 Å². The van der Waals surface area contributed by atoms with Crippen LogP contribution in [-0.2, 0) is 4.79 Å². The molecule has 0 aliphatic heterocycles. The van der Waals surface area contributed by atoms with E-state index < -0.39 is 0 Å². The summed E-state index contributed by atoms with van der Waals surface area (Å²) in [6.07, 6.45) is 6.89. The largest absolute Gasteiger partial charge is 0.497 e. The zero-order chi connectivity index (χ0) is 26.1. The molecule has 0 radical (unpaired) electrons. The van der Waals surface area contributed by atoms with Crippen LogP contribution in [0.15, 0.2) is 54.6 Å². The average Bonchev–Trinajstić information content (AvgIpc) is 2.90. The third-order valence-corrected chi connectivity index (χ3v) is 5.35. The SMILES string of the molecule is COc1ccc(/C=C/c2cc(OC)c(OC)c(OC)c2)c(NC(=O)/C=C/c2ccc(N)c(OC)c2)c1.